The number of hydrogen-bond donors (Lipinski definition) is 0. The fourth-order valence-corrected chi connectivity index (χ4v) is 3.17. The number of nitrogens with zero attached hydrogens (tertiary/aromatic N) is 1. The Balaban J connectivity index is 1.92. The van der Waals surface area contributed by atoms with Gasteiger partial charge in [0.05, 0.1) is 11.4 Å². The summed E-state index contributed by atoms with van der Waals surface area (Å²) in [6, 6.07) is 28.9. The van der Waals surface area contributed by atoms with E-state index in [1.807, 2.05) is 78.9 Å². The number of rotatable bonds is 5. The number of aromatic nitrogens is 1. The van der Waals surface area contributed by atoms with Crippen LogP contribution in [0.15, 0.2) is 91.0 Å². The average molecular weight is 363 g/mol. The van der Waals surface area contributed by atoms with Crippen LogP contribution in [0, 0.1) is 0 Å². The molecular formula is C25H17NO2. The van der Waals surface area contributed by atoms with Crippen LogP contribution in [0.4, 0.5) is 0 Å². The Morgan fingerprint density at radius 1 is 0.500 bits per heavy atom. The van der Waals surface area contributed by atoms with Gasteiger partial charge >= 0.3 is 0 Å². The van der Waals surface area contributed by atoms with Crippen LogP contribution in [0.2, 0.25) is 0 Å². The number of carbonyl (C=O) groups excluding carboxylic acids is 2. The van der Waals surface area contributed by atoms with Crippen LogP contribution in [0.1, 0.15) is 20.7 Å². The van der Waals surface area contributed by atoms with Gasteiger partial charge < -0.3 is 0 Å². The molecule has 0 amide bonds. The normalized spacial score (nSPS) is 10.4. The third kappa shape index (κ3) is 3.64. The van der Waals surface area contributed by atoms with Gasteiger partial charge in [-0.2, -0.15) is 0 Å². The fraction of sp³-hybridized carbons (Fsp3) is 0. The molecule has 1 heterocycles. The highest BCUT2D eigenvalue weighted by Crippen LogP contribution is 2.30. The van der Waals surface area contributed by atoms with Crippen LogP contribution in [0.25, 0.3) is 33.6 Å². The first-order valence-corrected chi connectivity index (χ1v) is 8.95. The first kappa shape index (κ1) is 17.6. The number of benzene rings is 3. The summed E-state index contributed by atoms with van der Waals surface area (Å²) in [5.74, 6) is 0. The van der Waals surface area contributed by atoms with Crippen molar-refractivity contribution < 1.29 is 9.59 Å². The Labute approximate surface area is 163 Å². The minimum Gasteiger partial charge on any atom is -0.298 e. The Kier molecular flexibility index (Phi) is 4.89. The molecule has 0 N–H and O–H groups in total. The molecule has 0 fully saturated rings. The van der Waals surface area contributed by atoms with E-state index < -0.39 is 0 Å². The first-order chi connectivity index (χ1) is 13.8. The highest BCUT2D eigenvalue weighted by molar-refractivity contribution is 5.82. The molecule has 0 aliphatic rings. The van der Waals surface area contributed by atoms with Crippen molar-refractivity contribution in [1.82, 2.24) is 4.98 Å². The van der Waals surface area contributed by atoms with Crippen LogP contribution < -0.4 is 0 Å². The fourth-order valence-electron chi connectivity index (χ4n) is 3.17. The maximum atomic E-state index is 11.2. The van der Waals surface area contributed by atoms with Crippen LogP contribution in [0.5, 0.6) is 0 Å². The van der Waals surface area contributed by atoms with E-state index in [2.05, 4.69) is 0 Å². The van der Waals surface area contributed by atoms with Crippen molar-refractivity contribution in [2.24, 2.45) is 0 Å². The quantitative estimate of drug-likeness (QED) is 0.427. The van der Waals surface area contributed by atoms with Gasteiger partial charge in [-0.1, -0.05) is 66.7 Å². The molecule has 4 rings (SSSR count). The lowest BCUT2D eigenvalue weighted by molar-refractivity contribution is 0.111. The molecule has 0 saturated carbocycles. The Bertz CT molecular complexity index is 1080. The van der Waals surface area contributed by atoms with Gasteiger partial charge in [0, 0.05) is 22.3 Å². The third-order valence-electron chi connectivity index (χ3n) is 4.57. The van der Waals surface area contributed by atoms with Gasteiger partial charge in [-0.15, -0.1) is 0 Å². The summed E-state index contributed by atoms with van der Waals surface area (Å²) in [7, 11) is 0. The molecular weight excluding hydrogens is 346 g/mol. The lowest BCUT2D eigenvalue weighted by atomic mass is 9.99. The minimum atomic E-state index is 0.605. The number of hydrogen-bond acceptors (Lipinski definition) is 3. The molecule has 0 atom stereocenters. The van der Waals surface area contributed by atoms with Crippen molar-refractivity contribution in [1.29, 1.82) is 0 Å². The van der Waals surface area contributed by atoms with Gasteiger partial charge in [0.1, 0.15) is 12.6 Å². The van der Waals surface area contributed by atoms with Crippen molar-refractivity contribution in [3.63, 3.8) is 0 Å². The van der Waals surface area contributed by atoms with Crippen molar-refractivity contribution >= 4 is 12.6 Å². The van der Waals surface area contributed by atoms with E-state index in [4.69, 9.17) is 4.98 Å². The van der Waals surface area contributed by atoms with E-state index in [0.717, 1.165) is 46.2 Å². The molecule has 0 aliphatic heterocycles. The topological polar surface area (TPSA) is 47.0 Å². The highest BCUT2D eigenvalue weighted by atomic mass is 16.1. The summed E-state index contributed by atoms with van der Waals surface area (Å²) in [5, 5.41) is 0. The monoisotopic (exact) mass is 363 g/mol. The van der Waals surface area contributed by atoms with E-state index in [1.54, 1.807) is 12.1 Å². The first-order valence-electron chi connectivity index (χ1n) is 8.95. The van der Waals surface area contributed by atoms with Crippen molar-refractivity contribution in [2.75, 3.05) is 0 Å². The average Bonchev–Trinajstić information content (AvgIpc) is 2.79. The summed E-state index contributed by atoms with van der Waals surface area (Å²) < 4.78 is 0. The standard InChI is InChI=1S/C25H17NO2/c27-16-18-6-4-10-21(12-18)24-14-23(20-8-2-1-3-9-20)15-25(26-24)22-11-5-7-19(13-22)17-28/h1-17H. The summed E-state index contributed by atoms with van der Waals surface area (Å²) in [4.78, 5) is 27.2. The van der Waals surface area contributed by atoms with Crippen molar-refractivity contribution in [2.45, 2.75) is 0 Å². The van der Waals surface area contributed by atoms with Crippen molar-refractivity contribution in [3.05, 3.63) is 102 Å². The van der Waals surface area contributed by atoms with Gasteiger partial charge in [-0.25, -0.2) is 4.98 Å². The second kappa shape index (κ2) is 7.80. The predicted octanol–water partition coefficient (Wildman–Crippen LogP) is 5.71. The number of carbonyl (C=O) groups is 2. The van der Waals surface area contributed by atoms with E-state index in [-0.39, 0.29) is 0 Å². The molecule has 3 aromatic carbocycles. The molecule has 0 aliphatic carbocycles. The molecule has 134 valence electrons. The summed E-state index contributed by atoms with van der Waals surface area (Å²) >= 11 is 0. The zero-order valence-electron chi connectivity index (χ0n) is 15.1. The highest BCUT2D eigenvalue weighted by Gasteiger charge is 2.10. The molecule has 1 aromatic heterocycles. The van der Waals surface area contributed by atoms with Crippen LogP contribution in [0.3, 0.4) is 0 Å². The maximum absolute atomic E-state index is 11.2. The Hall–Kier alpha value is -3.85. The van der Waals surface area contributed by atoms with Gasteiger partial charge in [0.15, 0.2) is 0 Å². The van der Waals surface area contributed by atoms with Gasteiger partial charge in [0.25, 0.3) is 0 Å². The number of pyridine rings is 1. The van der Waals surface area contributed by atoms with Crippen LogP contribution >= 0.6 is 0 Å². The zero-order valence-corrected chi connectivity index (χ0v) is 15.1. The minimum absolute atomic E-state index is 0.605. The van der Waals surface area contributed by atoms with Gasteiger partial charge in [-0.05, 0) is 35.4 Å². The molecule has 0 saturated heterocycles. The molecule has 28 heavy (non-hydrogen) atoms. The van der Waals surface area contributed by atoms with Gasteiger partial charge in [-0.3, -0.25) is 9.59 Å². The molecule has 0 radical (unpaired) electrons. The van der Waals surface area contributed by atoms with E-state index in [0.29, 0.717) is 11.1 Å². The largest absolute Gasteiger partial charge is 0.298 e. The second-order valence-corrected chi connectivity index (χ2v) is 6.48. The second-order valence-electron chi connectivity index (χ2n) is 6.48. The Morgan fingerprint density at radius 2 is 1.00 bits per heavy atom. The van der Waals surface area contributed by atoms with Gasteiger partial charge in [0.2, 0.25) is 0 Å². The lowest BCUT2D eigenvalue weighted by Gasteiger charge is -2.11. The molecule has 0 spiro atoms. The smallest absolute Gasteiger partial charge is 0.150 e. The van der Waals surface area contributed by atoms with E-state index in [1.165, 1.54) is 0 Å². The SMILES string of the molecule is O=Cc1cccc(-c2cc(-c3ccccc3)cc(-c3cccc(C=O)c3)n2)c1. The molecule has 3 nitrogen and oxygen atoms in total. The lowest BCUT2D eigenvalue weighted by Crippen LogP contribution is -1.93. The molecule has 0 bridgehead atoms. The molecule has 3 heteroatoms. The van der Waals surface area contributed by atoms with Crippen LogP contribution in [-0.4, -0.2) is 17.6 Å². The summed E-state index contributed by atoms with van der Waals surface area (Å²) in [6.07, 6.45) is 1.66. The van der Waals surface area contributed by atoms with Crippen LogP contribution in [-0.2, 0) is 0 Å². The van der Waals surface area contributed by atoms with Crippen molar-refractivity contribution in [3.8, 4) is 33.6 Å². The molecule has 4 aromatic rings. The molecule has 0 unspecified atom stereocenters. The summed E-state index contributed by atoms with van der Waals surface area (Å²) in [6.45, 7) is 0. The zero-order chi connectivity index (χ0) is 19.3. The van der Waals surface area contributed by atoms with E-state index >= 15 is 0 Å². The third-order valence-corrected chi connectivity index (χ3v) is 4.57. The number of aldehydes is 2. The predicted molar refractivity (Wildman–Crippen MR) is 111 cm³/mol. The maximum Gasteiger partial charge on any atom is 0.150 e. The summed E-state index contributed by atoms with van der Waals surface area (Å²) in [5.41, 5.74) is 6.60. The Morgan fingerprint density at radius 3 is 1.50 bits per heavy atom. The van der Waals surface area contributed by atoms with E-state index in [9.17, 15) is 9.59 Å².